The summed E-state index contributed by atoms with van der Waals surface area (Å²) < 4.78 is 5.10. The average Bonchev–Trinajstić information content (AvgIpc) is 2.75. The third kappa shape index (κ3) is 2.78. The van der Waals surface area contributed by atoms with Crippen LogP contribution in [0.15, 0.2) is 36.7 Å². The summed E-state index contributed by atoms with van der Waals surface area (Å²) in [6, 6.07) is 7.25. The highest BCUT2D eigenvalue weighted by Gasteiger charge is 2.14. The Morgan fingerprint density at radius 1 is 1.41 bits per heavy atom. The summed E-state index contributed by atoms with van der Waals surface area (Å²) in [7, 11) is 3.58. The Labute approximate surface area is 101 Å². The molecule has 0 aromatic heterocycles. The van der Waals surface area contributed by atoms with Gasteiger partial charge in [-0.3, -0.25) is 4.79 Å². The SMILES string of the molecule is COc1cccc(C(=O)CN2C=CN(C)C2)c1. The fraction of sp³-hybridized carbons (Fsp3) is 0.308. The van der Waals surface area contributed by atoms with Crippen molar-refractivity contribution >= 4 is 5.78 Å². The van der Waals surface area contributed by atoms with E-state index in [2.05, 4.69) is 0 Å². The first-order valence-electron chi connectivity index (χ1n) is 5.49. The van der Waals surface area contributed by atoms with Crippen molar-refractivity contribution in [3.05, 3.63) is 42.2 Å². The molecule has 0 fully saturated rings. The topological polar surface area (TPSA) is 32.8 Å². The molecule has 1 aromatic rings. The molecule has 0 N–H and O–H groups in total. The minimum absolute atomic E-state index is 0.101. The molecular formula is C13H16N2O2. The van der Waals surface area contributed by atoms with Gasteiger partial charge in [0, 0.05) is 25.0 Å². The average molecular weight is 232 g/mol. The van der Waals surface area contributed by atoms with E-state index in [1.165, 1.54) is 0 Å². The highest BCUT2D eigenvalue weighted by atomic mass is 16.5. The minimum atomic E-state index is 0.101. The summed E-state index contributed by atoms with van der Waals surface area (Å²) in [6.07, 6.45) is 3.89. The van der Waals surface area contributed by atoms with E-state index in [0.29, 0.717) is 17.9 Å². The fourth-order valence-electron chi connectivity index (χ4n) is 1.76. The van der Waals surface area contributed by atoms with Gasteiger partial charge in [-0.25, -0.2) is 0 Å². The van der Waals surface area contributed by atoms with Gasteiger partial charge in [-0.05, 0) is 12.1 Å². The summed E-state index contributed by atoms with van der Waals surface area (Å²) >= 11 is 0. The molecule has 0 saturated heterocycles. The molecule has 1 aliphatic rings. The van der Waals surface area contributed by atoms with Crippen LogP contribution in [0.2, 0.25) is 0 Å². The van der Waals surface area contributed by atoms with Crippen LogP contribution in [0, 0.1) is 0 Å². The fourth-order valence-corrected chi connectivity index (χ4v) is 1.76. The Morgan fingerprint density at radius 3 is 2.88 bits per heavy atom. The van der Waals surface area contributed by atoms with Crippen LogP contribution in [0.1, 0.15) is 10.4 Å². The second kappa shape index (κ2) is 4.91. The number of methoxy groups -OCH3 is 1. The van der Waals surface area contributed by atoms with Crippen molar-refractivity contribution in [2.24, 2.45) is 0 Å². The normalized spacial score (nSPS) is 14.2. The quantitative estimate of drug-likeness (QED) is 0.737. The zero-order valence-corrected chi connectivity index (χ0v) is 10.1. The van der Waals surface area contributed by atoms with Gasteiger partial charge in [-0.15, -0.1) is 0 Å². The Hall–Kier alpha value is -1.97. The first kappa shape index (κ1) is 11.5. The summed E-state index contributed by atoms with van der Waals surface area (Å²) in [5.41, 5.74) is 0.687. The minimum Gasteiger partial charge on any atom is -0.497 e. The monoisotopic (exact) mass is 232 g/mol. The Balaban J connectivity index is 2.02. The number of nitrogens with zero attached hydrogens (tertiary/aromatic N) is 2. The van der Waals surface area contributed by atoms with Crippen molar-refractivity contribution in [3.8, 4) is 5.75 Å². The Morgan fingerprint density at radius 2 is 2.24 bits per heavy atom. The zero-order chi connectivity index (χ0) is 12.3. The van der Waals surface area contributed by atoms with Gasteiger partial charge in [0.05, 0.1) is 20.3 Å². The zero-order valence-electron chi connectivity index (χ0n) is 10.1. The molecule has 1 heterocycles. The van der Waals surface area contributed by atoms with Gasteiger partial charge in [0.1, 0.15) is 5.75 Å². The number of hydrogen-bond donors (Lipinski definition) is 0. The van der Waals surface area contributed by atoms with Gasteiger partial charge in [0.2, 0.25) is 0 Å². The van der Waals surface area contributed by atoms with Gasteiger partial charge in [-0.2, -0.15) is 0 Å². The molecule has 0 saturated carbocycles. The van der Waals surface area contributed by atoms with Crippen LogP contribution in [-0.2, 0) is 0 Å². The molecule has 0 amide bonds. The van der Waals surface area contributed by atoms with Crippen LogP contribution in [0.5, 0.6) is 5.75 Å². The summed E-state index contributed by atoms with van der Waals surface area (Å²) in [5.74, 6) is 0.814. The molecule has 0 radical (unpaired) electrons. The summed E-state index contributed by atoms with van der Waals surface area (Å²) in [5, 5.41) is 0. The summed E-state index contributed by atoms with van der Waals surface area (Å²) in [6.45, 7) is 1.16. The molecule has 1 aromatic carbocycles. The molecular weight excluding hydrogens is 216 g/mol. The van der Waals surface area contributed by atoms with Gasteiger partial charge in [-0.1, -0.05) is 12.1 Å². The van der Waals surface area contributed by atoms with E-state index in [-0.39, 0.29) is 5.78 Å². The van der Waals surface area contributed by atoms with E-state index in [1.54, 1.807) is 13.2 Å². The molecule has 2 rings (SSSR count). The lowest BCUT2D eigenvalue weighted by Gasteiger charge is -2.17. The Bertz CT molecular complexity index is 443. The van der Waals surface area contributed by atoms with Crippen LogP contribution in [-0.4, -0.2) is 43.0 Å². The highest BCUT2D eigenvalue weighted by Crippen LogP contribution is 2.14. The van der Waals surface area contributed by atoms with E-state index in [0.717, 1.165) is 6.67 Å². The first-order valence-corrected chi connectivity index (χ1v) is 5.49. The number of hydrogen-bond acceptors (Lipinski definition) is 4. The lowest BCUT2D eigenvalue weighted by atomic mass is 10.1. The predicted octanol–water partition coefficient (Wildman–Crippen LogP) is 1.55. The molecule has 17 heavy (non-hydrogen) atoms. The second-order valence-electron chi connectivity index (χ2n) is 4.10. The van der Waals surface area contributed by atoms with Gasteiger partial charge < -0.3 is 14.5 Å². The van der Waals surface area contributed by atoms with E-state index < -0.39 is 0 Å². The van der Waals surface area contributed by atoms with Crippen molar-refractivity contribution in [2.75, 3.05) is 27.4 Å². The number of ether oxygens (including phenoxy) is 1. The van der Waals surface area contributed by atoms with Gasteiger partial charge in [0.15, 0.2) is 5.78 Å². The smallest absolute Gasteiger partial charge is 0.182 e. The molecule has 0 unspecified atom stereocenters. The predicted molar refractivity (Wildman–Crippen MR) is 65.8 cm³/mol. The van der Waals surface area contributed by atoms with E-state index in [4.69, 9.17) is 4.74 Å². The summed E-state index contributed by atoms with van der Waals surface area (Å²) in [4.78, 5) is 16.0. The van der Waals surface area contributed by atoms with Gasteiger partial charge in [0.25, 0.3) is 0 Å². The maximum Gasteiger partial charge on any atom is 0.182 e. The van der Waals surface area contributed by atoms with Crippen LogP contribution < -0.4 is 4.74 Å². The number of carbonyl (C=O) groups is 1. The third-order valence-corrected chi connectivity index (χ3v) is 2.68. The van der Waals surface area contributed by atoms with Crippen molar-refractivity contribution in [2.45, 2.75) is 0 Å². The molecule has 0 bridgehead atoms. The largest absolute Gasteiger partial charge is 0.497 e. The van der Waals surface area contributed by atoms with Crippen molar-refractivity contribution in [1.82, 2.24) is 9.80 Å². The highest BCUT2D eigenvalue weighted by molar-refractivity contribution is 5.98. The maximum atomic E-state index is 12.0. The van der Waals surface area contributed by atoms with Gasteiger partial charge >= 0.3 is 0 Å². The van der Waals surface area contributed by atoms with Crippen LogP contribution in [0.3, 0.4) is 0 Å². The second-order valence-corrected chi connectivity index (χ2v) is 4.10. The lowest BCUT2D eigenvalue weighted by Crippen LogP contribution is -2.28. The van der Waals surface area contributed by atoms with Crippen LogP contribution in [0.25, 0.3) is 0 Å². The first-order chi connectivity index (χ1) is 8.19. The third-order valence-electron chi connectivity index (χ3n) is 2.68. The van der Waals surface area contributed by atoms with Crippen molar-refractivity contribution in [1.29, 1.82) is 0 Å². The van der Waals surface area contributed by atoms with E-state index >= 15 is 0 Å². The molecule has 4 nitrogen and oxygen atoms in total. The van der Waals surface area contributed by atoms with Crippen molar-refractivity contribution in [3.63, 3.8) is 0 Å². The van der Waals surface area contributed by atoms with E-state index in [1.807, 2.05) is 47.4 Å². The molecule has 1 aliphatic heterocycles. The molecule has 0 spiro atoms. The van der Waals surface area contributed by atoms with Crippen LogP contribution >= 0.6 is 0 Å². The molecule has 4 heteroatoms. The standard InChI is InChI=1S/C13H16N2O2/c1-14-6-7-15(10-14)9-13(16)11-4-3-5-12(8-11)17-2/h3-8H,9-10H2,1-2H3. The number of benzene rings is 1. The lowest BCUT2D eigenvalue weighted by molar-refractivity contribution is 0.0948. The maximum absolute atomic E-state index is 12.0. The number of ketones is 1. The van der Waals surface area contributed by atoms with Crippen molar-refractivity contribution < 1.29 is 9.53 Å². The van der Waals surface area contributed by atoms with Crippen LogP contribution in [0.4, 0.5) is 0 Å². The molecule has 0 atom stereocenters. The van der Waals surface area contributed by atoms with E-state index in [9.17, 15) is 4.79 Å². The Kier molecular flexibility index (Phi) is 3.32. The molecule has 0 aliphatic carbocycles. The number of rotatable bonds is 4. The number of Topliss-reactive ketones (excluding diaryl/α,β-unsaturated/α-hetero) is 1. The molecule has 90 valence electrons. The number of carbonyl (C=O) groups excluding carboxylic acids is 1.